The first-order valence-electron chi connectivity index (χ1n) is 6.41. The summed E-state index contributed by atoms with van der Waals surface area (Å²) in [6, 6.07) is 3.69. The second-order valence-corrected chi connectivity index (χ2v) is 5.75. The van der Waals surface area contributed by atoms with E-state index in [1.54, 1.807) is 11.8 Å². The van der Waals surface area contributed by atoms with E-state index in [4.69, 9.17) is 20.8 Å². The van der Waals surface area contributed by atoms with Gasteiger partial charge < -0.3 is 14.1 Å². The number of benzene rings is 1. The van der Waals surface area contributed by atoms with Gasteiger partial charge in [-0.05, 0) is 47.0 Å². The van der Waals surface area contributed by atoms with Crippen molar-refractivity contribution in [1.29, 1.82) is 0 Å². The van der Waals surface area contributed by atoms with Gasteiger partial charge in [-0.3, -0.25) is 0 Å². The molecule has 0 atom stereocenters. The molecule has 0 aliphatic carbocycles. The van der Waals surface area contributed by atoms with Crippen LogP contribution in [0.2, 0.25) is 5.02 Å². The summed E-state index contributed by atoms with van der Waals surface area (Å²) < 4.78 is 11.4. The van der Waals surface area contributed by atoms with Crippen LogP contribution in [-0.4, -0.2) is 24.1 Å². The van der Waals surface area contributed by atoms with Gasteiger partial charge in [0.15, 0.2) is 4.67 Å². The van der Waals surface area contributed by atoms with Gasteiger partial charge in [-0.2, -0.15) is 0 Å². The van der Waals surface area contributed by atoms with Crippen molar-refractivity contribution in [2.24, 2.45) is 0 Å². The van der Waals surface area contributed by atoms with Crippen LogP contribution in [0.4, 0.5) is 4.79 Å². The lowest BCUT2D eigenvalue weighted by Crippen LogP contribution is -2.32. The molecule has 0 unspecified atom stereocenters. The molecule has 106 valence electrons. The van der Waals surface area contributed by atoms with Gasteiger partial charge >= 0.3 is 6.09 Å². The predicted molar refractivity (Wildman–Crippen MR) is 80.1 cm³/mol. The minimum Gasteiger partial charge on any atom is -0.450 e. The van der Waals surface area contributed by atoms with Crippen LogP contribution in [-0.2, 0) is 17.7 Å². The average molecular weight is 359 g/mol. The largest absolute Gasteiger partial charge is 0.450 e. The third-order valence-corrected chi connectivity index (χ3v) is 4.46. The highest BCUT2D eigenvalue weighted by molar-refractivity contribution is 9.10. The standard InChI is InChI=1S/C14H13BrClNO3/c1-2-19-14(18)17-6-5-8-10(16)3-4-11-12(8)9(7-17)13(15)20-11/h3-4H,2,5-7H2,1H3. The fourth-order valence-corrected chi connectivity index (χ4v) is 3.30. The Kier molecular flexibility index (Phi) is 3.65. The fraction of sp³-hybridized carbons (Fsp3) is 0.357. The van der Waals surface area contributed by atoms with Gasteiger partial charge in [0, 0.05) is 22.5 Å². The first-order chi connectivity index (χ1) is 9.61. The Morgan fingerprint density at radius 3 is 3.05 bits per heavy atom. The number of carbonyl (C=O) groups excluding carboxylic acids is 1. The highest BCUT2D eigenvalue weighted by Crippen LogP contribution is 2.38. The Morgan fingerprint density at radius 1 is 1.50 bits per heavy atom. The van der Waals surface area contributed by atoms with Crippen molar-refractivity contribution in [3.05, 3.63) is 33.0 Å². The second kappa shape index (κ2) is 5.30. The molecule has 0 N–H and O–H groups in total. The van der Waals surface area contributed by atoms with Crippen molar-refractivity contribution >= 4 is 44.6 Å². The summed E-state index contributed by atoms with van der Waals surface area (Å²) in [5.74, 6) is 0. The highest BCUT2D eigenvalue weighted by atomic mass is 79.9. The maximum Gasteiger partial charge on any atom is 0.410 e. The predicted octanol–water partition coefficient (Wildman–Crippen LogP) is 4.36. The summed E-state index contributed by atoms with van der Waals surface area (Å²) in [6.45, 7) is 3.21. The van der Waals surface area contributed by atoms with E-state index in [9.17, 15) is 4.79 Å². The number of carbonyl (C=O) groups is 1. The van der Waals surface area contributed by atoms with Gasteiger partial charge in [-0.1, -0.05) is 11.6 Å². The smallest absolute Gasteiger partial charge is 0.410 e. The van der Waals surface area contributed by atoms with E-state index >= 15 is 0 Å². The molecule has 20 heavy (non-hydrogen) atoms. The number of hydrogen-bond donors (Lipinski definition) is 0. The Hall–Kier alpha value is -1.20. The van der Waals surface area contributed by atoms with Gasteiger partial charge in [0.1, 0.15) is 5.58 Å². The van der Waals surface area contributed by atoms with Gasteiger partial charge in [-0.25, -0.2) is 4.79 Å². The molecule has 1 aromatic carbocycles. The van der Waals surface area contributed by atoms with E-state index in [1.807, 2.05) is 12.1 Å². The number of ether oxygens (including phenoxy) is 1. The van der Waals surface area contributed by atoms with Gasteiger partial charge in [0.25, 0.3) is 0 Å². The lowest BCUT2D eigenvalue weighted by molar-refractivity contribution is 0.105. The minimum atomic E-state index is -0.308. The van der Waals surface area contributed by atoms with Crippen molar-refractivity contribution in [3.8, 4) is 0 Å². The molecule has 3 rings (SSSR count). The molecule has 0 spiro atoms. The van der Waals surface area contributed by atoms with Crippen LogP contribution in [0.5, 0.6) is 0 Å². The Balaban J connectivity index is 2.08. The molecule has 1 amide bonds. The number of hydrogen-bond acceptors (Lipinski definition) is 3. The third-order valence-electron chi connectivity index (χ3n) is 3.46. The molecular weight excluding hydrogens is 346 g/mol. The molecule has 0 bridgehead atoms. The van der Waals surface area contributed by atoms with Crippen LogP contribution in [0.1, 0.15) is 18.1 Å². The third kappa shape index (κ3) is 2.19. The number of halogens is 2. The summed E-state index contributed by atoms with van der Waals surface area (Å²) in [7, 11) is 0. The Morgan fingerprint density at radius 2 is 2.30 bits per heavy atom. The van der Waals surface area contributed by atoms with Crippen LogP contribution < -0.4 is 0 Å². The summed E-state index contributed by atoms with van der Waals surface area (Å²) in [4.78, 5) is 13.6. The molecule has 1 aliphatic rings. The van der Waals surface area contributed by atoms with Crippen LogP contribution in [0.15, 0.2) is 21.2 Å². The van der Waals surface area contributed by atoms with Gasteiger partial charge in [-0.15, -0.1) is 0 Å². The molecule has 2 aromatic rings. The lowest BCUT2D eigenvalue weighted by Gasteiger charge is -2.19. The molecule has 0 saturated heterocycles. The topological polar surface area (TPSA) is 42.7 Å². The zero-order valence-electron chi connectivity index (χ0n) is 10.9. The molecule has 0 saturated carbocycles. The molecule has 0 radical (unpaired) electrons. The summed E-state index contributed by atoms with van der Waals surface area (Å²) in [6.07, 6.45) is 0.381. The van der Waals surface area contributed by atoms with E-state index in [0.29, 0.717) is 35.8 Å². The van der Waals surface area contributed by atoms with Crippen LogP contribution in [0.25, 0.3) is 11.0 Å². The van der Waals surface area contributed by atoms with Crippen molar-refractivity contribution in [2.45, 2.75) is 19.9 Å². The van der Waals surface area contributed by atoms with Crippen molar-refractivity contribution in [3.63, 3.8) is 0 Å². The summed E-state index contributed by atoms with van der Waals surface area (Å²) in [5.41, 5.74) is 2.76. The van der Waals surface area contributed by atoms with Crippen molar-refractivity contribution in [1.82, 2.24) is 4.90 Å². The quantitative estimate of drug-likeness (QED) is 0.760. The minimum absolute atomic E-state index is 0.308. The Bertz CT molecular complexity index is 683. The molecule has 4 nitrogen and oxygen atoms in total. The normalized spacial score (nSPS) is 14.4. The summed E-state index contributed by atoms with van der Waals surface area (Å²) >= 11 is 9.71. The van der Waals surface area contributed by atoms with E-state index < -0.39 is 0 Å². The zero-order chi connectivity index (χ0) is 14.3. The molecule has 2 heterocycles. The number of amides is 1. The maximum atomic E-state index is 12.0. The highest BCUT2D eigenvalue weighted by Gasteiger charge is 2.26. The molecular formula is C14H13BrClNO3. The molecule has 0 fully saturated rings. The van der Waals surface area contributed by atoms with Crippen molar-refractivity contribution in [2.75, 3.05) is 13.2 Å². The zero-order valence-corrected chi connectivity index (χ0v) is 13.3. The first-order valence-corrected chi connectivity index (χ1v) is 7.59. The molecule has 1 aromatic heterocycles. The monoisotopic (exact) mass is 357 g/mol. The van der Waals surface area contributed by atoms with Crippen molar-refractivity contribution < 1.29 is 13.9 Å². The molecule has 1 aliphatic heterocycles. The summed E-state index contributed by atoms with van der Waals surface area (Å²) in [5, 5.41) is 1.72. The van der Waals surface area contributed by atoms with E-state index in [2.05, 4.69) is 15.9 Å². The lowest BCUT2D eigenvalue weighted by atomic mass is 10.1. The average Bonchev–Trinajstić information content (AvgIpc) is 2.62. The van der Waals surface area contributed by atoms with Crippen LogP contribution in [0.3, 0.4) is 0 Å². The SMILES string of the molecule is CCOC(=O)N1CCc2c(Cl)ccc3oc(Br)c(c23)C1. The Labute approximate surface area is 129 Å². The van der Waals surface area contributed by atoms with Gasteiger partial charge in [0.05, 0.1) is 13.2 Å². The van der Waals surface area contributed by atoms with Crippen LogP contribution >= 0.6 is 27.5 Å². The van der Waals surface area contributed by atoms with E-state index in [0.717, 1.165) is 22.1 Å². The van der Waals surface area contributed by atoms with Gasteiger partial charge in [0.2, 0.25) is 0 Å². The first kappa shape index (κ1) is 13.8. The van der Waals surface area contributed by atoms with E-state index in [-0.39, 0.29) is 6.09 Å². The second-order valence-electron chi connectivity index (χ2n) is 4.62. The number of rotatable bonds is 1. The molecule has 6 heteroatoms. The maximum absolute atomic E-state index is 12.0. The fourth-order valence-electron chi connectivity index (χ4n) is 2.55. The number of furan rings is 1. The number of nitrogens with zero attached hydrogens (tertiary/aromatic N) is 1. The van der Waals surface area contributed by atoms with Crippen LogP contribution in [0, 0.1) is 0 Å². The van der Waals surface area contributed by atoms with E-state index in [1.165, 1.54) is 0 Å².